The van der Waals surface area contributed by atoms with E-state index in [1.165, 1.54) is 16.8 Å². The van der Waals surface area contributed by atoms with Gasteiger partial charge < -0.3 is 10.0 Å². The van der Waals surface area contributed by atoms with Crippen molar-refractivity contribution < 1.29 is 5.11 Å². The fraction of sp³-hybridized carbons (Fsp3) is 0.250. The molecule has 2 aromatic carbocycles. The van der Waals surface area contributed by atoms with E-state index in [0.29, 0.717) is 0 Å². The first-order chi connectivity index (χ1) is 8.70. The van der Waals surface area contributed by atoms with E-state index in [2.05, 4.69) is 49.2 Å². The topological polar surface area (TPSA) is 23.5 Å². The molecule has 0 unspecified atom stereocenters. The lowest BCUT2D eigenvalue weighted by atomic mass is 10.1. The van der Waals surface area contributed by atoms with Crippen molar-refractivity contribution in [2.75, 3.05) is 11.9 Å². The Morgan fingerprint density at radius 3 is 2.33 bits per heavy atom. The number of hydrogen-bond acceptors (Lipinski definition) is 2. The third-order valence-corrected chi connectivity index (χ3v) is 3.12. The van der Waals surface area contributed by atoms with Crippen LogP contribution in [0.2, 0.25) is 0 Å². The van der Waals surface area contributed by atoms with Crippen LogP contribution in [-0.4, -0.2) is 12.2 Å². The van der Waals surface area contributed by atoms with Crippen LogP contribution in [-0.2, 0) is 13.2 Å². The molecule has 94 valence electrons. The van der Waals surface area contributed by atoms with E-state index < -0.39 is 0 Å². The van der Waals surface area contributed by atoms with Gasteiger partial charge in [-0.25, -0.2) is 0 Å². The van der Waals surface area contributed by atoms with Gasteiger partial charge in [0, 0.05) is 19.3 Å². The number of aliphatic hydroxyl groups excluding tert-OH is 1. The summed E-state index contributed by atoms with van der Waals surface area (Å²) in [6, 6.07) is 16.5. The summed E-state index contributed by atoms with van der Waals surface area (Å²) in [4.78, 5) is 2.23. The van der Waals surface area contributed by atoms with Gasteiger partial charge in [-0.2, -0.15) is 0 Å². The molecule has 1 N–H and O–H groups in total. The highest BCUT2D eigenvalue weighted by molar-refractivity contribution is 5.54. The van der Waals surface area contributed by atoms with E-state index in [1.807, 2.05) is 18.2 Å². The SMILES string of the molecule is Cc1cc(CO)ccc1N(C)Cc1ccccc1. The van der Waals surface area contributed by atoms with Gasteiger partial charge in [0.15, 0.2) is 0 Å². The first-order valence-electron chi connectivity index (χ1n) is 6.16. The molecule has 0 aliphatic carbocycles. The molecule has 0 fully saturated rings. The van der Waals surface area contributed by atoms with Crippen molar-refractivity contribution in [3.05, 3.63) is 65.2 Å². The molecule has 0 saturated carbocycles. The van der Waals surface area contributed by atoms with Crippen molar-refractivity contribution in [2.24, 2.45) is 0 Å². The lowest BCUT2D eigenvalue weighted by molar-refractivity contribution is 0.282. The van der Waals surface area contributed by atoms with Crippen molar-refractivity contribution >= 4 is 5.69 Å². The molecule has 2 aromatic rings. The van der Waals surface area contributed by atoms with Gasteiger partial charge >= 0.3 is 0 Å². The average molecular weight is 241 g/mol. The molecule has 2 rings (SSSR count). The predicted octanol–water partition coefficient (Wildman–Crippen LogP) is 3.12. The Kier molecular flexibility index (Phi) is 4.00. The van der Waals surface area contributed by atoms with Crippen LogP contribution in [0, 0.1) is 6.92 Å². The number of aryl methyl sites for hydroxylation is 1. The molecule has 2 nitrogen and oxygen atoms in total. The van der Waals surface area contributed by atoms with Crippen molar-refractivity contribution in [1.82, 2.24) is 0 Å². The summed E-state index contributed by atoms with van der Waals surface area (Å²) in [7, 11) is 2.09. The minimum absolute atomic E-state index is 0.101. The van der Waals surface area contributed by atoms with Crippen LogP contribution in [0.4, 0.5) is 5.69 Å². The van der Waals surface area contributed by atoms with E-state index in [9.17, 15) is 0 Å². The van der Waals surface area contributed by atoms with Crippen LogP contribution in [0.3, 0.4) is 0 Å². The average Bonchev–Trinajstić information content (AvgIpc) is 2.39. The fourth-order valence-corrected chi connectivity index (χ4v) is 2.19. The van der Waals surface area contributed by atoms with Gasteiger partial charge in [0.25, 0.3) is 0 Å². The summed E-state index contributed by atoms with van der Waals surface area (Å²) < 4.78 is 0. The van der Waals surface area contributed by atoms with E-state index in [-0.39, 0.29) is 6.61 Å². The second-order valence-electron chi connectivity index (χ2n) is 4.62. The largest absolute Gasteiger partial charge is 0.392 e. The molecule has 18 heavy (non-hydrogen) atoms. The highest BCUT2D eigenvalue weighted by Crippen LogP contribution is 2.21. The lowest BCUT2D eigenvalue weighted by Crippen LogP contribution is -2.17. The number of nitrogens with zero attached hydrogens (tertiary/aromatic N) is 1. The summed E-state index contributed by atoms with van der Waals surface area (Å²) in [5.74, 6) is 0. The van der Waals surface area contributed by atoms with Gasteiger partial charge in [-0.1, -0.05) is 42.5 Å². The Bertz CT molecular complexity index is 508. The first kappa shape index (κ1) is 12.7. The molecular weight excluding hydrogens is 222 g/mol. The molecule has 0 aliphatic heterocycles. The van der Waals surface area contributed by atoms with Crippen LogP contribution in [0.15, 0.2) is 48.5 Å². The predicted molar refractivity (Wildman–Crippen MR) is 75.7 cm³/mol. The van der Waals surface area contributed by atoms with Crippen molar-refractivity contribution in [3.8, 4) is 0 Å². The van der Waals surface area contributed by atoms with Crippen molar-refractivity contribution in [1.29, 1.82) is 0 Å². The number of anilines is 1. The van der Waals surface area contributed by atoms with E-state index in [1.54, 1.807) is 0 Å². The molecule has 0 amide bonds. The third kappa shape index (κ3) is 2.90. The highest BCUT2D eigenvalue weighted by Gasteiger charge is 2.05. The molecule has 2 heteroatoms. The number of aliphatic hydroxyl groups is 1. The van der Waals surface area contributed by atoms with Gasteiger partial charge in [0.2, 0.25) is 0 Å². The maximum absolute atomic E-state index is 9.11. The molecule has 0 heterocycles. The summed E-state index contributed by atoms with van der Waals surface area (Å²) in [6.07, 6.45) is 0. The number of hydrogen-bond donors (Lipinski definition) is 1. The molecule has 0 aromatic heterocycles. The first-order valence-corrected chi connectivity index (χ1v) is 6.16. The third-order valence-electron chi connectivity index (χ3n) is 3.12. The monoisotopic (exact) mass is 241 g/mol. The molecule has 0 atom stereocenters. The van der Waals surface area contributed by atoms with Crippen LogP contribution >= 0.6 is 0 Å². The van der Waals surface area contributed by atoms with Gasteiger partial charge in [0.05, 0.1) is 6.61 Å². The summed E-state index contributed by atoms with van der Waals surface area (Å²) in [5, 5.41) is 9.11. The van der Waals surface area contributed by atoms with Crippen LogP contribution < -0.4 is 4.90 Å². The Balaban J connectivity index is 2.16. The molecule has 0 aliphatic rings. The normalized spacial score (nSPS) is 10.4. The minimum atomic E-state index is 0.101. The number of benzene rings is 2. The van der Waals surface area contributed by atoms with Gasteiger partial charge in [-0.15, -0.1) is 0 Å². The zero-order valence-corrected chi connectivity index (χ0v) is 10.9. The maximum atomic E-state index is 9.11. The smallest absolute Gasteiger partial charge is 0.0681 e. The lowest BCUT2D eigenvalue weighted by Gasteiger charge is -2.22. The molecule has 0 radical (unpaired) electrons. The van der Waals surface area contributed by atoms with Crippen LogP contribution in [0.25, 0.3) is 0 Å². The zero-order chi connectivity index (χ0) is 13.0. The van der Waals surface area contributed by atoms with E-state index >= 15 is 0 Å². The van der Waals surface area contributed by atoms with Crippen LogP contribution in [0.1, 0.15) is 16.7 Å². The zero-order valence-electron chi connectivity index (χ0n) is 10.9. The van der Waals surface area contributed by atoms with E-state index in [0.717, 1.165) is 12.1 Å². The summed E-state index contributed by atoms with van der Waals surface area (Å²) in [5.41, 5.74) is 4.66. The Hall–Kier alpha value is -1.80. The quantitative estimate of drug-likeness (QED) is 0.889. The second-order valence-corrected chi connectivity index (χ2v) is 4.62. The fourth-order valence-electron chi connectivity index (χ4n) is 2.19. The van der Waals surface area contributed by atoms with Crippen LogP contribution in [0.5, 0.6) is 0 Å². The van der Waals surface area contributed by atoms with Crippen molar-refractivity contribution in [2.45, 2.75) is 20.1 Å². The minimum Gasteiger partial charge on any atom is -0.392 e. The molecular formula is C16H19NO. The van der Waals surface area contributed by atoms with Gasteiger partial charge in [-0.05, 0) is 29.7 Å². The number of rotatable bonds is 4. The molecule has 0 bridgehead atoms. The standard InChI is InChI=1S/C16H19NO/c1-13-10-15(12-18)8-9-16(13)17(2)11-14-6-4-3-5-7-14/h3-10,18H,11-12H2,1-2H3. The summed E-state index contributed by atoms with van der Waals surface area (Å²) >= 11 is 0. The Morgan fingerprint density at radius 2 is 1.72 bits per heavy atom. The van der Waals surface area contributed by atoms with Gasteiger partial charge in [0.1, 0.15) is 0 Å². The Labute approximate surface area is 109 Å². The van der Waals surface area contributed by atoms with Gasteiger partial charge in [-0.3, -0.25) is 0 Å². The second kappa shape index (κ2) is 5.69. The maximum Gasteiger partial charge on any atom is 0.0681 e. The molecule has 0 spiro atoms. The van der Waals surface area contributed by atoms with E-state index in [4.69, 9.17) is 5.11 Å². The highest BCUT2D eigenvalue weighted by atomic mass is 16.3. The molecule has 0 saturated heterocycles. The van der Waals surface area contributed by atoms with Crippen molar-refractivity contribution in [3.63, 3.8) is 0 Å². The summed E-state index contributed by atoms with van der Waals surface area (Å²) in [6.45, 7) is 3.07. The Morgan fingerprint density at radius 1 is 1.00 bits per heavy atom.